The number of piperidine rings is 1. The SMILES string of the molecule is CCC(C)(C)C(=O)C(=O)N1CCCC[C@H]1C(=O)OC(CCc1ccc(OC)c(OC)c1)c1cccc(OCC(=O)NCCCCCCCCCCCC(=O)N2CCN(C(=O)c3cc(Cc4n[nH]c(=O)c5ccccc45)ccc3F)CC2)c1. The van der Waals surface area contributed by atoms with Crippen molar-refractivity contribution in [3.8, 4) is 17.2 Å². The van der Waals surface area contributed by atoms with Crippen molar-refractivity contribution in [2.24, 2.45) is 5.41 Å². The Morgan fingerprint density at radius 2 is 1.44 bits per heavy atom. The number of aryl methyl sites for hydroxylation is 1. The molecule has 82 heavy (non-hydrogen) atoms. The van der Waals surface area contributed by atoms with Crippen LogP contribution in [0.15, 0.2) is 89.7 Å². The minimum absolute atomic E-state index is 0.0267. The molecule has 0 aliphatic carbocycles. The number of H-pyrrole nitrogens is 1. The van der Waals surface area contributed by atoms with Gasteiger partial charge >= 0.3 is 5.97 Å². The third kappa shape index (κ3) is 17.0. The Morgan fingerprint density at radius 3 is 2.16 bits per heavy atom. The molecule has 2 N–H and O–H groups in total. The monoisotopic (exact) mass is 1130 g/mol. The Kier molecular flexibility index (Phi) is 23.0. The Hall–Kier alpha value is -7.63. The van der Waals surface area contributed by atoms with Crippen LogP contribution < -0.4 is 25.1 Å². The number of esters is 1. The standard InChI is InChI=1S/C64H81FN6O11/c1-6-64(2,3)59(74)62(77)71-34-19-17-25-53(71)63(78)82-54(31-28-44-29-32-55(79-4)56(41-44)80-5)46-21-20-22-47(42-46)81-43-57(72)66-33-18-13-11-9-7-8-10-12-14-26-58(73)69-35-37-70(38-36-69)61(76)50-39-45(27-30-51(50)65)40-52-48-23-15-16-24-49(48)60(75)68-67-52/h15-16,20-24,27,29-30,32,39,41-42,53-54H,6-14,17-19,25-26,28,31,33-38,40,43H2,1-5H3,(H,66,72)(H,68,75)/t53-,54?/m0/s1. The van der Waals surface area contributed by atoms with Crippen LogP contribution in [0.1, 0.15) is 156 Å². The number of unbranched alkanes of at least 4 members (excludes halogenated alkanes) is 8. The summed E-state index contributed by atoms with van der Waals surface area (Å²) in [6, 6.07) is 23.5. The molecule has 4 amide bonds. The molecule has 4 aromatic carbocycles. The molecule has 440 valence electrons. The van der Waals surface area contributed by atoms with Crippen molar-refractivity contribution >= 4 is 46.2 Å². The number of rotatable bonds is 29. The summed E-state index contributed by atoms with van der Waals surface area (Å²) in [7, 11) is 3.14. The van der Waals surface area contributed by atoms with Crippen LogP contribution >= 0.6 is 0 Å². The number of methoxy groups -OCH3 is 2. The normalized spacial score (nSPS) is 15.0. The lowest BCUT2D eigenvalue weighted by molar-refractivity contribution is -0.164. The minimum Gasteiger partial charge on any atom is -0.493 e. The molecular formula is C64H81FN6O11. The Labute approximate surface area is 480 Å². The van der Waals surface area contributed by atoms with Crippen LogP contribution in [-0.2, 0) is 41.6 Å². The van der Waals surface area contributed by atoms with Crippen molar-refractivity contribution in [2.75, 3.05) is 60.1 Å². The number of carbonyl (C=O) groups is 6. The first-order chi connectivity index (χ1) is 39.6. The number of likely N-dealkylation sites (tertiary alicyclic amines) is 1. The third-order valence-electron chi connectivity index (χ3n) is 15.9. The quantitative estimate of drug-likeness (QED) is 0.0261. The van der Waals surface area contributed by atoms with Crippen molar-refractivity contribution in [3.63, 3.8) is 0 Å². The van der Waals surface area contributed by atoms with Gasteiger partial charge in [0.2, 0.25) is 11.7 Å². The van der Waals surface area contributed by atoms with E-state index in [0.29, 0.717) is 135 Å². The number of halogens is 1. The lowest BCUT2D eigenvalue weighted by Crippen LogP contribution is -2.53. The molecule has 0 saturated carbocycles. The van der Waals surface area contributed by atoms with Crippen molar-refractivity contribution in [1.29, 1.82) is 0 Å². The molecule has 2 fully saturated rings. The van der Waals surface area contributed by atoms with Gasteiger partial charge in [0.15, 0.2) is 18.1 Å². The number of aromatic nitrogens is 2. The highest BCUT2D eigenvalue weighted by molar-refractivity contribution is 6.38. The molecule has 7 rings (SSSR count). The predicted octanol–water partition coefficient (Wildman–Crippen LogP) is 9.65. The number of ketones is 1. The number of benzene rings is 4. The number of hydrogen-bond acceptors (Lipinski definition) is 12. The Bertz CT molecular complexity index is 3060. The summed E-state index contributed by atoms with van der Waals surface area (Å²) in [5.74, 6) is -1.35. The average Bonchev–Trinajstić information content (AvgIpc) is 3.51. The molecular weight excluding hydrogens is 1050 g/mol. The summed E-state index contributed by atoms with van der Waals surface area (Å²) < 4.78 is 38.2. The van der Waals surface area contributed by atoms with Gasteiger partial charge in [-0.1, -0.05) is 108 Å². The first-order valence-corrected chi connectivity index (χ1v) is 29.2. The molecule has 2 saturated heterocycles. The second-order valence-corrected chi connectivity index (χ2v) is 22.1. The van der Waals surface area contributed by atoms with Crippen LogP contribution in [0.5, 0.6) is 17.2 Å². The molecule has 2 aliphatic heterocycles. The van der Waals surface area contributed by atoms with E-state index < -0.39 is 46.9 Å². The predicted molar refractivity (Wildman–Crippen MR) is 310 cm³/mol. The molecule has 3 heterocycles. The summed E-state index contributed by atoms with van der Waals surface area (Å²) in [5.41, 5.74) is 1.73. The van der Waals surface area contributed by atoms with Gasteiger partial charge in [-0.2, -0.15) is 5.10 Å². The van der Waals surface area contributed by atoms with E-state index in [2.05, 4.69) is 15.5 Å². The van der Waals surface area contributed by atoms with Gasteiger partial charge in [-0.3, -0.25) is 28.8 Å². The van der Waals surface area contributed by atoms with Crippen LogP contribution in [0.2, 0.25) is 0 Å². The third-order valence-corrected chi connectivity index (χ3v) is 15.9. The van der Waals surface area contributed by atoms with Crippen molar-refractivity contribution in [2.45, 2.75) is 142 Å². The number of ether oxygens (including phenoxy) is 4. The number of piperazine rings is 1. The summed E-state index contributed by atoms with van der Waals surface area (Å²) in [5, 5.41) is 10.9. The summed E-state index contributed by atoms with van der Waals surface area (Å²) in [4.78, 5) is 97.3. The van der Waals surface area contributed by atoms with E-state index in [0.717, 1.165) is 63.4 Å². The number of aromatic amines is 1. The fourth-order valence-electron chi connectivity index (χ4n) is 10.6. The molecule has 2 aliphatic rings. The summed E-state index contributed by atoms with van der Waals surface area (Å²) in [6.45, 7) is 7.42. The van der Waals surface area contributed by atoms with Crippen LogP contribution in [-0.4, -0.2) is 126 Å². The highest BCUT2D eigenvalue weighted by Gasteiger charge is 2.41. The molecule has 17 nitrogen and oxygen atoms in total. The van der Waals surface area contributed by atoms with E-state index in [4.69, 9.17) is 18.9 Å². The first-order valence-electron chi connectivity index (χ1n) is 29.2. The average molecular weight is 1130 g/mol. The summed E-state index contributed by atoms with van der Waals surface area (Å²) >= 11 is 0. The Morgan fingerprint density at radius 1 is 0.756 bits per heavy atom. The Balaban J connectivity index is 0.768. The van der Waals surface area contributed by atoms with E-state index in [1.165, 1.54) is 11.0 Å². The van der Waals surface area contributed by atoms with Gasteiger partial charge in [0.25, 0.3) is 23.3 Å². The number of nitrogens with one attached hydrogen (secondary N) is 2. The lowest BCUT2D eigenvalue weighted by atomic mass is 9.84. The fraction of sp³-hybridized carbons (Fsp3) is 0.500. The summed E-state index contributed by atoms with van der Waals surface area (Å²) in [6.07, 6.45) is 12.1. The van der Waals surface area contributed by atoms with Crippen LogP contribution in [0.25, 0.3) is 10.8 Å². The number of hydrogen-bond donors (Lipinski definition) is 2. The van der Waals surface area contributed by atoms with E-state index >= 15 is 4.39 Å². The van der Waals surface area contributed by atoms with Gasteiger partial charge in [-0.05, 0) is 111 Å². The molecule has 2 atom stereocenters. The van der Waals surface area contributed by atoms with E-state index in [-0.39, 0.29) is 29.5 Å². The highest BCUT2D eigenvalue weighted by Crippen LogP contribution is 2.33. The highest BCUT2D eigenvalue weighted by atomic mass is 19.1. The maximum Gasteiger partial charge on any atom is 0.329 e. The molecule has 0 spiro atoms. The van der Waals surface area contributed by atoms with Gasteiger partial charge in [-0.15, -0.1) is 0 Å². The number of carbonyl (C=O) groups excluding carboxylic acids is 6. The number of nitrogens with zero attached hydrogens (tertiary/aromatic N) is 4. The van der Waals surface area contributed by atoms with Gasteiger partial charge in [0, 0.05) is 62.9 Å². The smallest absolute Gasteiger partial charge is 0.329 e. The minimum atomic E-state index is -0.896. The largest absolute Gasteiger partial charge is 0.493 e. The first kappa shape index (κ1) is 62.0. The maximum atomic E-state index is 15.0. The van der Waals surface area contributed by atoms with E-state index in [1.807, 2.05) is 43.3 Å². The van der Waals surface area contributed by atoms with Crippen LogP contribution in [0.4, 0.5) is 4.39 Å². The van der Waals surface area contributed by atoms with Crippen molar-refractivity contribution in [3.05, 3.63) is 129 Å². The van der Waals surface area contributed by atoms with Crippen molar-refractivity contribution in [1.82, 2.24) is 30.2 Å². The maximum absolute atomic E-state index is 15.0. The molecule has 1 aromatic heterocycles. The molecule has 0 bridgehead atoms. The molecule has 18 heteroatoms. The van der Waals surface area contributed by atoms with Gasteiger partial charge in [-0.25, -0.2) is 14.3 Å². The number of fused-ring (bicyclic) bond motifs is 1. The number of amides is 4. The zero-order valence-electron chi connectivity index (χ0n) is 48.4. The molecule has 5 aromatic rings. The van der Waals surface area contributed by atoms with Gasteiger partial charge in [0.05, 0.1) is 30.9 Å². The molecule has 1 unspecified atom stereocenters. The zero-order chi connectivity index (χ0) is 58.6. The molecule has 0 radical (unpaired) electrons. The number of Topliss-reactive ketones (excluding diaryl/α,β-unsaturated/α-hetero) is 1. The van der Waals surface area contributed by atoms with Crippen molar-refractivity contribution < 1.29 is 52.1 Å². The zero-order valence-corrected chi connectivity index (χ0v) is 48.4. The topological polar surface area (TPSA) is 207 Å². The lowest BCUT2D eigenvalue weighted by Gasteiger charge is -2.36. The van der Waals surface area contributed by atoms with Crippen LogP contribution in [0.3, 0.4) is 0 Å². The van der Waals surface area contributed by atoms with E-state index in [9.17, 15) is 33.6 Å². The van der Waals surface area contributed by atoms with Crippen LogP contribution in [0, 0.1) is 11.2 Å². The fourth-order valence-corrected chi connectivity index (χ4v) is 10.6. The van der Waals surface area contributed by atoms with Gasteiger partial charge < -0.3 is 39.0 Å². The second-order valence-electron chi connectivity index (χ2n) is 22.1. The van der Waals surface area contributed by atoms with Gasteiger partial charge in [0.1, 0.15) is 23.7 Å². The van der Waals surface area contributed by atoms with E-state index in [1.54, 1.807) is 80.3 Å². The second kappa shape index (κ2) is 30.4.